The second-order valence-electron chi connectivity index (χ2n) is 4.64. The van der Waals surface area contributed by atoms with Crippen LogP contribution in [-0.2, 0) is 9.59 Å². The molecule has 0 radical (unpaired) electrons. The molecular formula is C12H18N2O3. The van der Waals surface area contributed by atoms with E-state index in [1.54, 1.807) is 14.0 Å². The van der Waals surface area contributed by atoms with Crippen molar-refractivity contribution in [3.05, 3.63) is 0 Å². The molecule has 1 aliphatic carbocycles. The number of carbonyl (C=O) groups is 2. The minimum atomic E-state index is -0.887. The average molecular weight is 238 g/mol. The van der Waals surface area contributed by atoms with Crippen molar-refractivity contribution in [1.82, 2.24) is 4.90 Å². The standard InChI is InChI=1S/C12H18N2O3/c1-8(6-7-13)14(2)11(15)9-4-3-5-10(9)12(16)17/h8-10H,3-6H2,1-2H3,(H,16,17). The molecule has 1 saturated carbocycles. The van der Waals surface area contributed by atoms with Gasteiger partial charge in [0.05, 0.1) is 24.3 Å². The van der Waals surface area contributed by atoms with Gasteiger partial charge in [0, 0.05) is 13.1 Å². The van der Waals surface area contributed by atoms with Crippen LogP contribution in [0.3, 0.4) is 0 Å². The maximum atomic E-state index is 12.1. The average Bonchev–Trinajstić information content (AvgIpc) is 2.76. The number of aliphatic carboxylic acids is 1. The third kappa shape index (κ3) is 2.96. The third-order valence-electron chi connectivity index (χ3n) is 3.55. The largest absolute Gasteiger partial charge is 0.481 e. The number of hydrogen-bond donors (Lipinski definition) is 1. The summed E-state index contributed by atoms with van der Waals surface area (Å²) in [5.41, 5.74) is 0. The molecule has 1 N–H and O–H groups in total. The predicted molar refractivity (Wildman–Crippen MR) is 60.9 cm³/mol. The minimum Gasteiger partial charge on any atom is -0.481 e. The Labute approximate surface area is 101 Å². The SMILES string of the molecule is CC(CC#N)N(C)C(=O)C1CCCC1C(=O)O. The van der Waals surface area contributed by atoms with E-state index in [4.69, 9.17) is 10.4 Å². The second-order valence-corrected chi connectivity index (χ2v) is 4.64. The van der Waals surface area contributed by atoms with Crippen LogP contribution in [0.1, 0.15) is 32.6 Å². The normalized spacial score (nSPS) is 25.0. The van der Waals surface area contributed by atoms with Gasteiger partial charge in [0.2, 0.25) is 5.91 Å². The van der Waals surface area contributed by atoms with Crippen molar-refractivity contribution in [2.45, 2.75) is 38.6 Å². The molecule has 5 nitrogen and oxygen atoms in total. The van der Waals surface area contributed by atoms with Gasteiger partial charge in [0.25, 0.3) is 0 Å². The van der Waals surface area contributed by atoms with Crippen molar-refractivity contribution in [3.63, 3.8) is 0 Å². The highest BCUT2D eigenvalue weighted by atomic mass is 16.4. The molecule has 1 amide bonds. The number of carboxylic acids is 1. The quantitative estimate of drug-likeness (QED) is 0.799. The van der Waals surface area contributed by atoms with Crippen LogP contribution in [0, 0.1) is 23.2 Å². The molecule has 17 heavy (non-hydrogen) atoms. The van der Waals surface area contributed by atoms with Crippen LogP contribution in [0.15, 0.2) is 0 Å². The highest BCUT2D eigenvalue weighted by molar-refractivity contribution is 5.85. The number of nitrogens with zero attached hydrogens (tertiary/aromatic N) is 2. The van der Waals surface area contributed by atoms with Gasteiger partial charge < -0.3 is 10.0 Å². The van der Waals surface area contributed by atoms with Gasteiger partial charge in [0.1, 0.15) is 0 Å². The summed E-state index contributed by atoms with van der Waals surface area (Å²) in [7, 11) is 1.64. The molecule has 5 heteroatoms. The molecule has 0 aromatic heterocycles. The molecule has 0 aromatic carbocycles. The molecule has 0 aliphatic heterocycles. The van der Waals surface area contributed by atoms with Crippen LogP contribution in [0.5, 0.6) is 0 Å². The number of carbonyl (C=O) groups excluding carboxylic acids is 1. The molecule has 3 atom stereocenters. The fourth-order valence-corrected chi connectivity index (χ4v) is 2.30. The van der Waals surface area contributed by atoms with Gasteiger partial charge in [-0.25, -0.2) is 0 Å². The summed E-state index contributed by atoms with van der Waals surface area (Å²) in [4.78, 5) is 24.7. The van der Waals surface area contributed by atoms with E-state index in [9.17, 15) is 9.59 Å². The van der Waals surface area contributed by atoms with Crippen LogP contribution < -0.4 is 0 Å². The van der Waals surface area contributed by atoms with Gasteiger partial charge in [-0.1, -0.05) is 6.42 Å². The lowest BCUT2D eigenvalue weighted by Crippen LogP contribution is -2.41. The molecule has 0 heterocycles. The molecular weight excluding hydrogens is 220 g/mol. The van der Waals surface area contributed by atoms with Crippen molar-refractivity contribution in [1.29, 1.82) is 5.26 Å². The second kappa shape index (κ2) is 5.67. The maximum Gasteiger partial charge on any atom is 0.307 e. The molecule has 1 rings (SSSR count). The Morgan fingerprint density at radius 3 is 2.59 bits per heavy atom. The van der Waals surface area contributed by atoms with Gasteiger partial charge in [-0.05, 0) is 19.8 Å². The van der Waals surface area contributed by atoms with Crippen molar-refractivity contribution < 1.29 is 14.7 Å². The van der Waals surface area contributed by atoms with E-state index in [1.807, 2.05) is 6.07 Å². The summed E-state index contributed by atoms with van der Waals surface area (Å²) in [6, 6.07) is 1.85. The number of nitriles is 1. The van der Waals surface area contributed by atoms with Gasteiger partial charge >= 0.3 is 5.97 Å². The van der Waals surface area contributed by atoms with Gasteiger partial charge in [-0.15, -0.1) is 0 Å². The monoisotopic (exact) mass is 238 g/mol. The molecule has 1 fully saturated rings. The molecule has 1 aliphatic rings. The van der Waals surface area contributed by atoms with Crippen LogP contribution in [-0.4, -0.2) is 35.0 Å². The molecule has 3 unspecified atom stereocenters. The first kappa shape index (κ1) is 13.5. The number of amides is 1. The van der Waals surface area contributed by atoms with Crippen molar-refractivity contribution in [3.8, 4) is 6.07 Å². The van der Waals surface area contributed by atoms with Crippen LogP contribution >= 0.6 is 0 Å². The first-order chi connectivity index (χ1) is 7.99. The minimum absolute atomic E-state index is 0.141. The topological polar surface area (TPSA) is 81.4 Å². The lowest BCUT2D eigenvalue weighted by Gasteiger charge is -2.27. The number of rotatable bonds is 4. The molecule has 0 bridgehead atoms. The maximum absolute atomic E-state index is 12.1. The Balaban J connectivity index is 2.69. The van der Waals surface area contributed by atoms with E-state index in [0.29, 0.717) is 12.8 Å². The van der Waals surface area contributed by atoms with E-state index >= 15 is 0 Å². The van der Waals surface area contributed by atoms with Gasteiger partial charge in [0.15, 0.2) is 0 Å². The number of hydrogen-bond acceptors (Lipinski definition) is 3. The third-order valence-corrected chi connectivity index (χ3v) is 3.55. The summed E-state index contributed by atoms with van der Waals surface area (Å²) < 4.78 is 0. The Bertz CT molecular complexity index is 348. The summed E-state index contributed by atoms with van der Waals surface area (Å²) >= 11 is 0. The smallest absolute Gasteiger partial charge is 0.307 e. The van der Waals surface area contributed by atoms with Crippen molar-refractivity contribution in [2.75, 3.05) is 7.05 Å². The lowest BCUT2D eigenvalue weighted by atomic mass is 9.94. The summed E-state index contributed by atoms with van der Waals surface area (Å²) in [6.07, 6.45) is 2.27. The zero-order valence-corrected chi connectivity index (χ0v) is 10.2. The fraction of sp³-hybridized carbons (Fsp3) is 0.750. The van der Waals surface area contributed by atoms with Crippen LogP contribution in [0.2, 0.25) is 0 Å². The zero-order valence-electron chi connectivity index (χ0n) is 10.2. The van der Waals surface area contributed by atoms with Gasteiger partial charge in [-0.2, -0.15) is 5.26 Å². The fourth-order valence-electron chi connectivity index (χ4n) is 2.30. The van der Waals surface area contributed by atoms with Crippen LogP contribution in [0.4, 0.5) is 0 Å². The molecule has 0 spiro atoms. The Morgan fingerprint density at radius 2 is 2.06 bits per heavy atom. The van der Waals surface area contributed by atoms with Gasteiger partial charge in [-0.3, -0.25) is 9.59 Å². The van der Waals surface area contributed by atoms with Crippen molar-refractivity contribution in [2.24, 2.45) is 11.8 Å². The van der Waals surface area contributed by atoms with E-state index in [1.165, 1.54) is 4.90 Å². The van der Waals surface area contributed by atoms with E-state index < -0.39 is 17.8 Å². The Kier molecular flexibility index (Phi) is 4.50. The Hall–Kier alpha value is -1.57. The van der Waals surface area contributed by atoms with E-state index in [-0.39, 0.29) is 18.4 Å². The summed E-state index contributed by atoms with van der Waals surface area (Å²) in [6.45, 7) is 1.80. The highest BCUT2D eigenvalue weighted by Crippen LogP contribution is 2.33. The van der Waals surface area contributed by atoms with Crippen molar-refractivity contribution >= 4 is 11.9 Å². The van der Waals surface area contributed by atoms with Crippen LogP contribution in [0.25, 0.3) is 0 Å². The molecule has 0 saturated heterocycles. The predicted octanol–water partition coefficient (Wildman–Crippen LogP) is 1.25. The van der Waals surface area contributed by atoms with E-state index in [2.05, 4.69) is 0 Å². The Morgan fingerprint density at radius 1 is 1.47 bits per heavy atom. The summed E-state index contributed by atoms with van der Waals surface area (Å²) in [5.74, 6) is -2.00. The highest BCUT2D eigenvalue weighted by Gasteiger charge is 2.39. The molecule has 0 aromatic rings. The molecule has 94 valence electrons. The van der Waals surface area contributed by atoms with E-state index in [0.717, 1.165) is 6.42 Å². The summed E-state index contributed by atoms with van der Waals surface area (Å²) in [5, 5.41) is 17.6. The lowest BCUT2D eigenvalue weighted by molar-refractivity contribution is -0.149. The zero-order chi connectivity index (χ0) is 13.0. The number of carboxylic acid groups (broad SMARTS) is 1. The first-order valence-corrected chi connectivity index (χ1v) is 5.85. The first-order valence-electron chi connectivity index (χ1n) is 5.85.